The van der Waals surface area contributed by atoms with E-state index in [1.807, 2.05) is 0 Å². The Morgan fingerprint density at radius 1 is 1.03 bits per heavy atom. The van der Waals surface area contributed by atoms with Crippen molar-refractivity contribution in [1.29, 1.82) is 0 Å². The van der Waals surface area contributed by atoms with Crippen molar-refractivity contribution < 1.29 is 4.79 Å². The van der Waals surface area contributed by atoms with Crippen LogP contribution < -0.4 is 9.91 Å². The van der Waals surface area contributed by atoms with Crippen molar-refractivity contribution in [3.8, 4) is 0 Å². The van der Waals surface area contributed by atoms with Crippen LogP contribution in [0, 0.1) is 0 Å². The van der Waals surface area contributed by atoms with Crippen LogP contribution in [0.15, 0.2) is 42.5 Å². The molecule has 6 rings (SSSR count). The molecule has 6 nitrogen and oxygen atoms in total. The number of aromatic nitrogens is 1. The van der Waals surface area contributed by atoms with Crippen LogP contribution in [-0.2, 0) is 17.6 Å². The molecule has 0 bridgehead atoms. The molecule has 0 radical (unpaired) electrons. The van der Waals surface area contributed by atoms with Gasteiger partial charge in [-0.3, -0.25) is 4.90 Å². The van der Waals surface area contributed by atoms with Crippen molar-refractivity contribution in [1.82, 2.24) is 14.3 Å². The maximum Gasteiger partial charge on any atom is 0.150 e. The van der Waals surface area contributed by atoms with E-state index in [1.54, 1.807) is 11.5 Å². The summed E-state index contributed by atoms with van der Waals surface area (Å²) in [5.41, 5.74) is 4.26. The fourth-order valence-electron chi connectivity index (χ4n) is 5.92. The zero-order chi connectivity index (χ0) is 22.9. The molecule has 3 aliphatic rings. The Balaban J connectivity index is 1.04. The highest BCUT2D eigenvalue weighted by molar-refractivity contribution is 7.13. The van der Waals surface area contributed by atoms with Crippen LogP contribution >= 0.6 is 11.5 Å². The van der Waals surface area contributed by atoms with Gasteiger partial charge in [0.1, 0.15) is 12.1 Å². The number of carbonyl (C=O) groups excluding carboxylic acids is 1. The Bertz CT molecular complexity index is 1150. The zero-order valence-electron chi connectivity index (χ0n) is 19.7. The summed E-state index contributed by atoms with van der Waals surface area (Å²) in [5, 5.41) is 6.19. The van der Waals surface area contributed by atoms with Crippen LogP contribution in [0.1, 0.15) is 30.4 Å². The van der Waals surface area contributed by atoms with Gasteiger partial charge in [0.15, 0.2) is 0 Å². The van der Waals surface area contributed by atoms with E-state index in [4.69, 9.17) is 4.37 Å². The van der Waals surface area contributed by atoms with E-state index in [0.717, 1.165) is 77.2 Å². The third-order valence-electron chi connectivity index (χ3n) is 7.79. The molecule has 178 valence electrons. The molecule has 0 spiro atoms. The lowest BCUT2D eigenvalue weighted by atomic mass is 10.1. The molecule has 3 aliphatic heterocycles. The van der Waals surface area contributed by atoms with Crippen molar-refractivity contribution >= 4 is 39.4 Å². The molecular weight excluding hydrogens is 442 g/mol. The predicted octanol–water partition coefficient (Wildman–Crippen LogP) is 3.99. The smallest absolute Gasteiger partial charge is 0.150 e. The first-order chi connectivity index (χ1) is 16.8. The summed E-state index contributed by atoms with van der Waals surface area (Å²) in [7, 11) is 0. The summed E-state index contributed by atoms with van der Waals surface area (Å²) in [6, 6.07) is 16.0. The van der Waals surface area contributed by atoms with Gasteiger partial charge in [0.05, 0.1) is 10.4 Å². The summed E-state index contributed by atoms with van der Waals surface area (Å²) >= 11 is 1.61. The van der Waals surface area contributed by atoms with E-state index < -0.39 is 0 Å². The van der Waals surface area contributed by atoms with E-state index in [-0.39, 0.29) is 0 Å². The molecule has 2 aromatic carbocycles. The number of anilines is 2. The maximum atomic E-state index is 11.1. The molecule has 7 heteroatoms. The number of rotatable bonds is 7. The van der Waals surface area contributed by atoms with Crippen LogP contribution in [0.3, 0.4) is 0 Å². The largest absolute Gasteiger partial charge is 0.353 e. The van der Waals surface area contributed by atoms with E-state index >= 15 is 0 Å². The number of piperazine rings is 1. The lowest BCUT2D eigenvalue weighted by Gasteiger charge is -2.35. The van der Waals surface area contributed by atoms with Crippen molar-refractivity contribution in [3.63, 3.8) is 0 Å². The van der Waals surface area contributed by atoms with E-state index in [1.165, 1.54) is 33.3 Å². The Kier molecular flexibility index (Phi) is 6.24. The van der Waals surface area contributed by atoms with Crippen LogP contribution in [-0.4, -0.2) is 72.4 Å². The van der Waals surface area contributed by atoms with Gasteiger partial charge in [-0.1, -0.05) is 24.3 Å². The first-order valence-corrected chi connectivity index (χ1v) is 13.5. The molecule has 2 saturated heterocycles. The van der Waals surface area contributed by atoms with Gasteiger partial charge in [0.2, 0.25) is 0 Å². The molecule has 0 saturated carbocycles. The minimum atomic E-state index is 0.379. The number of aldehydes is 1. The average molecular weight is 476 g/mol. The quantitative estimate of drug-likeness (QED) is 0.482. The van der Waals surface area contributed by atoms with Crippen LogP contribution in [0.5, 0.6) is 0 Å². The summed E-state index contributed by atoms with van der Waals surface area (Å²) in [5.74, 6) is 1.16. The number of benzene rings is 2. The molecule has 0 N–H and O–H groups in total. The van der Waals surface area contributed by atoms with Crippen LogP contribution in [0.25, 0.3) is 10.1 Å². The molecule has 1 atom stereocenters. The molecular formula is C27H33N5OS. The Hall–Kier alpha value is -2.48. The number of carbonyl (C=O) groups is 1. The first-order valence-electron chi connectivity index (χ1n) is 12.7. The molecule has 34 heavy (non-hydrogen) atoms. The maximum absolute atomic E-state index is 11.1. The lowest BCUT2D eigenvalue weighted by molar-refractivity contribution is -0.108. The summed E-state index contributed by atoms with van der Waals surface area (Å²) in [6.07, 6.45) is 6.26. The van der Waals surface area contributed by atoms with Gasteiger partial charge < -0.3 is 14.7 Å². The SMILES string of the molecule is O=CCC1CCCN1N1CCc2cc(CCN3CCN(c4nsc5ccccc45)CC3)ccc21. The number of fused-ring (bicyclic) bond motifs is 2. The summed E-state index contributed by atoms with van der Waals surface area (Å²) in [4.78, 5) is 16.1. The molecule has 3 aromatic rings. The molecule has 1 unspecified atom stereocenters. The van der Waals surface area contributed by atoms with Gasteiger partial charge in [0.25, 0.3) is 0 Å². The number of nitrogens with zero attached hydrogens (tertiary/aromatic N) is 5. The van der Waals surface area contributed by atoms with Crippen molar-refractivity contribution in [2.45, 2.75) is 38.1 Å². The highest BCUT2D eigenvalue weighted by Gasteiger charge is 2.32. The van der Waals surface area contributed by atoms with Gasteiger partial charge in [-0.2, -0.15) is 4.37 Å². The van der Waals surface area contributed by atoms with Gasteiger partial charge >= 0.3 is 0 Å². The Morgan fingerprint density at radius 2 is 1.91 bits per heavy atom. The predicted molar refractivity (Wildman–Crippen MR) is 140 cm³/mol. The zero-order valence-corrected chi connectivity index (χ0v) is 20.6. The third kappa shape index (κ3) is 4.21. The standard InChI is InChI=1S/C27H33N5OS/c33-19-11-23-4-3-12-31(23)32-14-10-22-20-21(7-8-25(22)32)9-13-29-15-17-30(18-16-29)27-24-5-1-2-6-26(24)34-28-27/h1-2,5-8,19-20,23H,3-4,9-18H2. The second-order valence-corrected chi connectivity index (χ2v) is 10.6. The highest BCUT2D eigenvalue weighted by atomic mass is 32.1. The van der Waals surface area contributed by atoms with Gasteiger partial charge in [-0.25, -0.2) is 5.01 Å². The van der Waals surface area contributed by atoms with Gasteiger partial charge in [0, 0.05) is 63.7 Å². The van der Waals surface area contributed by atoms with Crippen molar-refractivity contribution in [2.75, 3.05) is 55.7 Å². The van der Waals surface area contributed by atoms with Gasteiger partial charge in [-0.15, -0.1) is 0 Å². The third-order valence-corrected chi connectivity index (χ3v) is 8.60. The average Bonchev–Trinajstić information content (AvgIpc) is 3.61. The molecule has 2 fully saturated rings. The van der Waals surface area contributed by atoms with Crippen LogP contribution in [0.4, 0.5) is 11.5 Å². The Labute approximate surface area is 205 Å². The second kappa shape index (κ2) is 9.64. The molecule has 1 aromatic heterocycles. The summed E-state index contributed by atoms with van der Waals surface area (Å²) < 4.78 is 6.02. The monoisotopic (exact) mass is 475 g/mol. The molecule has 0 aliphatic carbocycles. The van der Waals surface area contributed by atoms with Crippen LogP contribution in [0.2, 0.25) is 0 Å². The van der Waals surface area contributed by atoms with E-state index in [0.29, 0.717) is 12.5 Å². The van der Waals surface area contributed by atoms with E-state index in [9.17, 15) is 4.79 Å². The molecule has 4 heterocycles. The number of hydrazine groups is 1. The highest BCUT2D eigenvalue weighted by Crippen LogP contribution is 2.34. The normalized spacial score (nSPS) is 21.5. The fourth-order valence-corrected chi connectivity index (χ4v) is 6.72. The van der Waals surface area contributed by atoms with Crippen molar-refractivity contribution in [2.24, 2.45) is 0 Å². The lowest BCUT2D eigenvalue weighted by Crippen LogP contribution is -2.47. The first kappa shape index (κ1) is 22.0. The fraction of sp³-hybridized carbons (Fsp3) is 0.481. The van der Waals surface area contributed by atoms with E-state index in [2.05, 4.69) is 62.3 Å². The summed E-state index contributed by atoms with van der Waals surface area (Å²) in [6.45, 7) is 7.51. The Morgan fingerprint density at radius 3 is 2.79 bits per heavy atom. The second-order valence-electron chi connectivity index (χ2n) is 9.78. The topological polar surface area (TPSA) is 42.9 Å². The number of hydrogen-bond acceptors (Lipinski definition) is 7. The van der Waals surface area contributed by atoms with Gasteiger partial charge in [-0.05, 0) is 66.5 Å². The molecule has 0 amide bonds. The van der Waals surface area contributed by atoms with Crippen molar-refractivity contribution in [3.05, 3.63) is 53.6 Å². The number of hydrogen-bond donors (Lipinski definition) is 0. The minimum Gasteiger partial charge on any atom is -0.353 e. The minimum absolute atomic E-state index is 0.379.